The molecule has 0 saturated carbocycles. The summed E-state index contributed by atoms with van der Waals surface area (Å²) in [5, 5.41) is 17.4. The van der Waals surface area contributed by atoms with Gasteiger partial charge in [-0.2, -0.15) is 0 Å². The maximum absolute atomic E-state index is 11.2. The molecular formula is C12H14O7. The lowest BCUT2D eigenvalue weighted by molar-refractivity contribution is -0.139. The Hall–Kier alpha value is -2.12. The number of esters is 1. The van der Waals surface area contributed by atoms with Gasteiger partial charge in [-0.1, -0.05) is 0 Å². The number of ether oxygens (including phenoxy) is 2. The summed E-state index contributed by atoms with van der Waals surface area (Å²) in [4.78, 5) is 22.3. The summed E-state index contributed by atoms with van der Waals surface area (Å²) in [6.07, 6.45) is 3.22. The van der Waals surface area contributed by atoms with Crippen LogP contribution in [0.1, 0.15) is 5.76 Å². The van der Waals surface area contributed by atoms with Crippen molar-refractivity contribution < 1.29 is 28.9 Å². The molecule has 19 heavy (non-hydrogen) atoms. The zero-order valence-electron chi connectivity index (χ0n) is 10.1. The second kappa shape index (κ2) is 8.06. The van der Waals surface area contributed by atoms with Gasteiger partial charge in [0, 0.05) is 12.1 Å². The van der Waals surface area contributed by atoms with Crippen LogP contribution < -0.4 is 5.43 Å². The Morgan fingerprint density at radius 1 is 1.37 bits per heavy atom. The number of carbonyl (C=O) groups excluding carboxylic acids is 1. The zero-order valence-corrected chi connectivity index (χ0v) is 10.1. The largest absolute Gasteiger partial charge is 0.502 e. The van der Waals surface area contributed by atoms with Crippen molar-refractivity contribution in [2.45, 2.75) is 0 Å². The average molecular weight is 270 g/mol. The van der Waals surface area contributed by atoms with Gasteiger partial charge in [0.05, 0.1) is 19.8 Å². The van der Waals surface area contributed by atoms with Crippen molar-refractivity contribution in [3.63, 3.8) is 0 Å². The number of hydrogen-bond acceptors (Lipinski definition) is 7. The predicted molar refractivity (Wildman–Crippen MR) is 64.5 cm³/mol. The van der Waals surface area contributed by atoms with Gasteiger partial charge >= 0.3 is 5.97 Å². The molecule has 2 N–H and O–H groups in total. The molecule has 7 heteroatoms. The maximum Gasteiger partial charge on any atom is 0.330 e. The third-order valence-electron chi connectivity index (χ3n) is 1.92. The number of aliphatic hydroxyl groups is 1. The number of hydrogen-bond donors (Lipinski definition) is 2. The Morgan fingerprint density at radius 3 is 2.84 bits per heavy atom. The van der Waals surface area contributed by atoms with Crippen LogP contribution in [0.15, 0.2) is 27.6 Å². The van der Waals surface area contributed by atoms with Crippen molar-refractivity contribution in [1.29, 1.82) is 0 Å². The quantitative estimate of drug-likeness (QED) is 0.405. The van der Waals surface area contributed by atoms with Gasteiger partial charge < -0.3 is 24.1 Å². The van der Waals surface area contributed by atoms with Gasteiger partial charge in [-0.05, 0) is 6.08 Å². The number of rotatable bonds is 7. The maximum atomic E-state index is 11.2. The monoisotopic (exact) mass is 270 g/mol. The first-order valence-electron chi connectivity index (χ1n) is 5.48. The summed E-state index contributed by atoms with van der Waals surface area (Å²) in [7, 11) is 0. The van der Waals surface area contributed by atoms with Crippen LogP contribution in [-0.2, 0) is 14.3 Å². The van der Waals surface area contributed by atoms with Crippen LogP contribution >= 0.6 is 0 Å². The van der Waals surface area contributed by atoms with Crippen LogP contribution in [0.3, 0.4) is 0 Å². The van der Waals surface area contributed by atoms with E-state index in [4.69, 9.17) is 24.1 Å². The molecule has 1 aromatic heterocycles. The normalized spacial score (nSPS) is 10.8. The molecule has 0 unspecified atom stereocenters. The fourth-order valence-corrected chi connectivity index (χ4v) is 1.07. The highest BCUT2D eigenvalue weighted by atomic mass is 16.6. The summed E-state index contributed by atoms with van der Waals surface area (Å²) in [6, 6.07) is 1.05. The van der Waals surface area contributed by atoms with Crippen LogP contribution in [0.25, 0.3) is 6.08 Å². The summed E-state index contributed by atoms with van der Waals surface area (Å²) in [5.74, 6) is -1.000. The topological polar surface area (TPSA) is 106 Å². The molecule has 104 valence electrons. The first kappa shape index (κ1) is 14.9. The summed E-state index contributed by atoms with van der Waals surface area (Å²) in [6.45, 7) is 0.344. The van der Waals surface area contributed by atoms with E-state index in [2.05, 4.69) is 0 Å². The Labute approximate surface area is 108 Å². The molecule has 0 bridgehead atoms. The highest BCUT2D eigenvalue weighted by Gasteiger charge is 2.00. The van der Waals surface area contributed by atoms with E-state index >= 15 is 0 Å². The number of aliphatic hydroxyl groups excluding tert-OH is 1. The summed E-state index contributed by atoms with van der Waals surface area (Å²) >= 11 is 0. The van der Waals surface area contributed by atoms with Crippen molar-refractivity contribution in [2.24, 2.45) is 0 Å². The van der Waals surface area contributed by atoms with Crippen LogP contribution in [0.4, 0.5) is 0 Å². The van der Waals surface area contributed by atoms with Gasteiger partial charge in [0.25, 0.3) is 0 Å². The fourth-order valence-electron chi connectivity index (χ4n) is 1.07. The molecule has 0 atom stereocenters. The van der Waals surface area contributed by atoms with Crippen molar-refractivity contribution >= 4 is 12.0 Å². The molecule has 0 aliphatic rings. The standard InChI is InChI=1S/C12H14O7/c13-3-4-17-5-6-18-12(16)2-1-9-7-10(14)11(15)8-19-9/h1-2,7-8,13,15H,3-6H2/b2-1+. The third-order valence-corrected chi connectivity index (χ3v) is 1.92. The smallest absolute Gasteiger partial charge is 0.330 e. The predicted octanol–water partition coefficient (Wildman–Crippen LogP) is -0.0893. The molecule has 0 aliphatic heterocycles. The van der Waals surface area contributed by atoms with Crippen LogP contribution in [0, 0.1) is 0 Å². The highest BCUT2D eigenvalue weighted by Crippen LogP contribution is 2.05. The average Bonchev–Trinajstić information content (AvgIpc) is 2.40. The van der Waals surface area contributed by atoms with Crippen LogP contribution in [0.5, 0.6) is 5.75 Å². The summed E-state index contributed by atoms with van der Waals surface area (Å²) < 4.78 is 14.5. The lowest BCUT2D eigenvalue weighted by atomic mass is 10.3. The van der Waals surface area contributed by atoms with Crippen molar-refractivity contribution in [1.82, 2.24) is 0 Å². The van der Waals surface area contributed by atoms with Gasteiger partial charge in [-0.25, -0.2) is 4.79 Å². The Balaban J connectivity index is 2.37. The second-order valence-electron chi connectivity index (χ2n) is 3.37. The molecule has 1 rings (SSSR count). The van der Waals surface area contributed by atoms with Crippen LogP contribution in [-0.4, -0.2) is 42.6 Å². The Morgan fingerprint density at radius 2 is 2.16 bits per heavy atom. The zero-order chi connectivity index (χ0) is 14.1. The lowest BCUT2D eigenvalue weighted by Crippen LogP contribution is -2.10. The van der Waals surface area contributed by atoms with Crippen molar-refractivity contribution in [2.75, 3.05) is 26.4 Å². The third kappa shape index (κ3) is 5.84. The minimum absolute atomic E-state index is 0.0582. The molecule has 0 radical (unpaired) electrons. The van der Waals surface area contributed by atoms with E-state index in [-0.39, 0.29) is 32.2 Å². The van der Waals surface area contributed by atoms with Crippen molar-refractivity contribution in [3.05, 3.63) is 34.4 Å². The van der Waals surface area contributed by atoms with E-state index in [0.717, 1.165) is 18.4 Å². The molecule has 7 nitrogen and oxygen atoms in total. The van der Waals surface area contributed by atoms with E-state index in [1.807, 2.05) is 0 Å². The SMILES string of the molecule is O=C(/C=C/c1cc(=O)c(O)co1)OCCOCCO. The molecule has 0 aromatic carbocycles. The Kier molecular flexibility index (Phi) is 6.34. The fraction of sp³-hybridized carbons (Fsp3) is 0.333. The molecular weight excluding hydrogens is 256 g/mol. The van der Waals surface area contributed by atoms with Gasteiger partial charge in [0.15, 0.2) is 5.75 Å². The van der Waals surface area contributed by atoms with E-state index in [9.17, 15) is 9.59 Å². The van der Waals surface area contributed by atoms with E-state index in [1.54, 1.807) is 0 Å². The van der Waals surface area contributed by atoms with Crippen LogP contribution in [0.2, 0.25) is 0 Å². The lowest BCUT2D eigenvalue weighted by Gasteiger charge is -2.02. The molecule has 0 fully saturated rings. The number of carbonyl (C=O) groups is 1. The summed E-state index contributed by atoms with van der Waals surface area (Å²) in [5.41, 5.74) is -0.600. The Bertz CT molecular complexity index is 489. The van der Waals surface area contributed by atoms with E-state index < -0.39 is 17.1 Å². The van der Waals surface area contributed by atoms with Crippen molar-refractivity contribution in [3.8, 4) is 5.75 Å². The first-order chi connectivity index (χ1) is 9.13. The second-order valence-corrected chi connectivity index (χ2v) is 3.37. The van der Waals surface area contributed by atoms with Gasteiger partial charge in [0.1, 0.15) is 18.6 Å². The molecule has 1 aromatic rings. The van der Waals surface area contributed by atoms with E-state index in [1.165, 1.54) is 6.08 Å². The molecule has 0 saturated heterocycles. The van der Waals surface area contributed by atoms with Gasteiger partial charge in [-0.15, -0.1) is 0 Å². The molecule has 0 amide bonds. The first-order valence-corrected chi connectivity index (χ1v) is 5.48. The molecule has 1 heterocycles. The van der Waals surface area contributed by atoms with Gasteiger partial charge in [0.2, 0.25) is 5.43 Å². The van der Waals surface area contributed by atoms with E-state index in [0.29, 0.717) is 0 Å². The number of aromatic hydroxyl groups is 1. The molecule has 0 aliphatic carbocycles. The minimum Gasteiger partial charge on any atom is -0.502 e. The minimum atomic E-state index is -0.622. The van der Waals surface area contributed by atoms with Gasteiger partial charge in [-0.3, -0.25) is 4.79 Å². The molecule has 0 spiro atoms. The highest BCUT2D eigenvalue weighted by molar-refractivity contribution is 5.86.